The molecule has 172 valence electrons. The van der Waals surface area contributed by atoms with E-state index >= 15 is 0 Å². The van der Waals surface area contributed by atoms with E-state index in [9.17, 15) is 4.39 Å². The van der Waals surface area contributed by atoms with Crippen molar-refractivity contribution in [3.05, 3.63) is 70.7 Å². The first kappa shape index (κ1) is 22.5. The minimum absolute atomic E-state index is 0.256. The Bertz CT molecular complexity index is 1210. The monoisotopic (exact) mass is 449 g/mol. The number of aromatic nitrogens is 2. The van der Waals surface area contributed by atoms with Gasteiger partial charge in [-0.15, -0.1) is 0 Å². The predicted octanol–water partition coefficient (Wildman–Crippen LogP) is 3.85. The first-order valence-corrected chi connectivity index (χ1v) is 10.9. The van der Waals surface area contributed by atoms with Crippen molar-refractivity contribution in [3.63, 3.8) is 0 Å². The van der Waals surface area contributed by atoms with Crippen LogP contribution in [0.2, 0.25) is 0 Å². The molecular formula is C25H28FN5O2. The Kier molecular flexibility index (Phi) is 6.46. The molecule has 0 fully saturated rings. The number of nitrogens with zero attached hydrogens (tertiary/aromatic N) is 2. The molecule has 0 saturated heterocycles. The van der Waals surface area contributed by atoms with Gasteiger partial charge >= 0.3 is 0 Å². The molecule has 2 bridgehead atoms. The van der Waals surface area contributed by atoms with Crippen molar-refractivity contribution in [2.24, 2.45) is 5.73 Å². The number of anilines is 1. The zero-order valence-electron chi connectivity index (χ0n) is 19.0. The summed E-state index contributed by atoms with van der Waals surface area (Å²) in [5.74, 6) is 0.776. The van der Waals surface area contributed by atoms with Gasteiger partial charge in [-0.1, -0.05) is 6.07 Å². The summed E-state index contributed by atoms with van der Waals surface area (Å²) in [6, 6.07) is 10.2. The summed E-state index contributed by atoms with van der Waals surface area (Å²) < 4.78 is 25.9. The lowest BCUT2D eigenvalue weighted by molar-refractivity contribution is 0.227. The van der Waals surface area contributed by atoms with E-state index in [1.165, 1.54) is 12.1 Å². The fraction of sp³-hybridized carbons (Fsp3) is 0.280. The van der Waals surface area contributed by atoms with E-state index in [1.54, 1.807) is 19.4 Å². The Morgan fingerprint density at radius 1 is 1.24 bits per heavy atom. The Labute approximate surface area is 192 Å². The molecule has 7 nitrogen and oxygen atoms in total. The molecule has 1 aromatic carbocycles. The van der Waals surface area contributed by atoms with Crippen LogP contribution in [0.25, 0.3) is 17.0 Å². The Balaban J connectivity index is 2.04. The van der Waals surface area contributed by atoms with Crippen molar-refractivity contribution in [1.29, 1.82) is 0 Å². The third kappa shape index (κ3) is 4.47. The summed E-state index contributed by atoms with van der Waals surface area (Å²) >= 11 is 0. The number of ether oxygens (including phenoxy) is 2. The van der Waals surface area contributed by atoms with E-state index in [-0.39, 0.29) is 11.6 Å². The molecule has 8 heteroatoms. The van der Waals surface area contributed by atoms with E-state index in [2.05, 4.69) is 10.3 Å². The average molecular weight is 450 g/mol. The predicted molar refractivity (Wildman–Crippen MR) is 127 cm³/mol. The van der Waals surface area contributed by atoms with Gasteiger partial charge in [-0.05, 0) is 55.7 Å². The van der Waals surface area contributed by atoms with Crippen molar-refractivity contribution in [1.82, 2.24) is 15.3 Å². The first-order valence-electron chi connectivity index (χ1n) is 10.9. The summed E-state index contributed by atoms with van der Waals surface area (Å²) in [6.45, 7) is 4.89. The van der Waals surface area contributed by atoms with Gasteiger partial charge in [0.25, 0.3) is 0 Å². The molecule has 1 aliphatic heterocycles. The van der Waals surface area contributed by atoms with Crippen molar-refractivity contribution in [2.45, 2.75) is 26.4 Å². The smallest absolute Gasteiger partial charge is 0.213 e. The number of halogens is 1. The molecule has 0 spiro atoms. The van der Waals surface area contributed by atoms with Crippen LogP contribution in [0.1, 0.15) is 36.6 Å². The molecular weight excluding hydrogens is 421 g/mol. The summed E-state index contributed by atoms with van der Waals surface area (Å²) in [4.78, 5) is 9.07. The lowest BCUT2D eigenvalue weighted by Gasteiger charge is -2.24. The van der Waals surface area contributed by atoms with Gasteiger partial charge in [0.1, 0.15) is 11.9 Å². The number of benzene rings is 1. The highest BCUT2D eigenvalue weighted by Crippen LogP contribution is 2.37. The van der Waals surface area contributed by atoms with E-state index in [4.69, 9.17) is 25.9 Å². The highest BCUT2D eigenvalue weighted by molar-refractivity contribution is 5.73. The number of nitrogens with one attached hydrogen (secondary N) is 1. The van der Waals surface area contributed by atoms with Gasteiger partial charge in [0.2, 0.25) is 5.88 Å². The normalized spacial score (nSPS) is 17.7. The highest BCUT2D eigenvalue weighted by Gasteiger charge is 2.23. The number of pyridine rings is 2. The zero-order chi connectivity index (χ0) is 23.5. The molecule has 3 heterocycles. The van der Waals surface area contributed by atoms with Crippen molar-refractivity contribution < 1.29 is 13.9 Å². The largest absolute Gasteiger partial charge is 0.482 e. The van der Waals surface area contributed by atoms with E-state index in [1.807, 2.05) is 32.0 Å². The maximum atomic E-state index is 14.3. The second-order valence-corrected chi connectivity index (χ2v) is 7.85. The average Bonchev–Trinajstić information content (AvgIpc) is 2.82. The molecule has 0 aliphatic carbocycles. The third-order valence-electron chi connectivity index (χ3n) is 5.70. The molecule has 0 amide bonds. The van der Waals surface area contributed by atoms with Gasteiger partial charge < -0.3 is 26.3 Å². The van der Waals surface area contributed by atoms with Crippen LogP contribution in [-0.2, 0) is 6.42 Å². The fourth-order valence-electron chi connectivity index (χ4n) is 4.09. The zero-order valence-corrected chi connectivity index (χ0v) is 19.0. The molecule has 2 aromatic heterocycles. The number of nitrogens with two attached hydrogens (primary N) is 2. The second-order valence-electron chi connectivity index (χ2n) is 7.85. The van der Waals surface area contributed by atoms with Gasteiger partial charge in [-0.25, -0.2) is 14.4 Å². The van der Waals surface area contributed by atoms with Crippen LogP contribution in [0.5, 0.6) is 11.6 Å². The van der Waals surface area contributed by atoms with Crippen molar-refractivity contribution in [2.75, 3.05) is 25.9 Å². The number of hydrogen-bond donors (Lipinski definition) is 3. The SMILES string of the molecule is CCN/C1=C(\CN)Cc2ccc(OC)nc2-c2ccc(F)cc2C(C)Oc2cc1cnc2N. The van der Waals surface area contributed by atoms with E-state index in [0.29, 0.717) is 42.4 Å². The molecule has 0 radical (unpaired) electrons. The first-order chi connectivity index (χ1) is 15.9. The minimum Gasteiger partial charge on any atom is -0.482 e. The van der Waals surface area contributed by atoms with Gasteiger partial charge in [-0.3, -0.25) is 0 Å². The second kappa shape index (κ2) is 9.46. The Hall–Kier alpha value is -3.65. The number of rotatable bonds is 4. The van der Waals surface area contributed by atoms with E-state index < -0.39 is 6.10 Å². The third-order valence-corrected chi connectivity index (χ3v) is 5.70. The molecule has 3 aromatic rings. The molecule has 1 unspecified atom stereocenters. The lowest BCUT2D eigenvalue weighted by atomic mass is 9.92. The maximum absolute atomic E-state index is 14.3. The molecule has 0 saturated carbocycles. The quantitative estimate of drug-likeness (QED) is 0.555. The summed E-state index contributed by atoms with van der Waals surface area (Å²) in [7, 11) is 1.57. The summed E-state index contributed by atoms with van der Waals surface area (Å²) in [6.07, 6.45) is 1.72. The molecule has 33 heavy (non-hydrogen) atoms. The molecule has 1 atom stereocenters. The van der Waals surface area contributed by atoms with Crippen LogP contribution < -0.4 is 26.3 Å². The maximum Gasteiger partial charge on any atom is 0.213 e. The van der Waals surface area contributed by atoms with E-state index in [0.717, 1.165) is 28.0 Å². The van der Waals surface area contributed by atoms with Crippen LogP contribution in [0, 0.1) is 5.82 Å². The van der Waals surface area contributed by atoms with Crippen LogP contribution >= 0.6 is 0 Å². The van der Waals surface area contributed by atoms with Crippen LogP contribution in [0.15, 0.2) is 48.2 Å². The van der Waals surface area contributed by atoms with Gasteiger partial charge in [0.05, 0.1) is 12.8 Å². The van der Waals surface area contributed by atoms with Gasteiger partial charge in [0.15, 0.2) is 11.6 Å². The highest BCUT2D eigenvalue weighted by atomic mass is 19.1. The standard InChI is InChI=1S/C25H28FN5O2/c1-4-29-23-16(12-27)9-15-5-8-22(32-3)31-24(15)19-7-6-18(26)11-20(19)14(2)33-21-10-17(23)13-30-25(21)28/h5-8,10-11,13-14,29H,4,9,12,27H2,1-3H3,(H2,28,30)/b23-16-. The number of nitrogen functional groups attached to an aromatic ring is 1. The minimum atomic E-state index is -0.518. The molecule has 1 aliphatic rings. The van der Waals surface area contributed by atoms with Gasteiger partial charge in [-0.2, -0.15) is 0 Å². The summed E-state index contributed by atoms with van der Waals surface area (Å²) in [5.41, 5.74) is 18.0. The van der Waals surface area contributed by atoms with Crippen LogP contribution in [0.4, 0.5) is 10.2 Å². The number of methoxy groups -OCH3 is 1. The molecule has 5 N–H and O–H groups in total. The van der Waals surface area contributed by atoms with Gasteiger partial charge in [0, 0.05) is 47.7 Å². The van der Waals surface area contributed by atoms with Crippen LogP contribution in [-0.4, -0.2) is 30.2 Å². The van der Waals surface area contributed by atoms with Crippen molar-refractivity contribution in [3.8, 4) is 22.9 Å². The number of hydrogen-bond acceptors (Lipinski definition) is 7. The Morgan fingerprint density at radius 2 is 2.06 bits per heavy atom. The van der Waals surface area contributed by atoms with Crippen molar-refractivity contribution >= 4 is 11.5 Å². The molecule has 4 rings (SSSR count). The summed E-state index contributed by atoms with van der Waals surface area (Å²) in [5, 5.41) is 3.43. The number of fused-ring (bicyclic) bond motifs is 5. The topological polar surface area (TPSA) is 108 Å². The van der Waals surface area contributed by atoms with Crippen LogP contribution in [0.3, 0.4) is 0 Å². The fourth-order valence-corrected chi connectivity index (χ4v) is 4.09. The Morgan fingerprint density at radius 3 is 2.79 bits per heavy atom. The lowest BCUT2D eigenvalue weighted by Crippen LogP contribution is -2.20.